The number of ether oxygens (including phenoxy) is 1. The van der Waals surface area contributed by atoms with E-state index in [4.69, 9.17) is 16.3 Å². The van der Waals surface area contributed by atoms with Gasteiger partial charge in [0.15, 0.2) is 0 Å². The van der Waals surface area contributed by atoms with Gasteiger partial charge in [-0.15, -0.1) is 0 Å². The third-order valence-corrected chi connectivity index (χ3v) is 7.10. The van der Waals surface area contributed by atoms with Crippen molar-refractivity contribution in [3.63, 3.8) is 0 Å². The lowest BCUT2D eigenvalue weighted by atomic mass is 9.48. The van der Waals surface area contributed by atoms with Crippen LogP contribution in [0.2, 0.25) is 5.02 Å². The van der Waals surface area contributed by atoms with Crippen LogP contribution in [0.3, 0.4) is 0 Å². The molecule has 2 aromatic rings. The second kappa shape index (κ2) is 5.95. The number of rotatable bonds is 3. The third-order valence-electron chi connectivity index (χ3n) is 6.39. The molecule has 0 radical (unpaired) electrons. The zero-order valence-electron chi connectivity index (χ0n) is 13.9. The Labute approximate surface area is 161 Å². The highest BCUT2D eigenvalue weighted by Gasteiger charge is 2.51. The summed E-state index contributed by atoms with van der Waals surface area (Å²) in [6.07, 6.45) is 11.6. The minimum atomic E-state index is 0.355. The molecule has 1 heterocycles. The van der Waals surface area contributed by atoms with Gasteiger partial charge in [0.1, 0.15) is 10.4 Å². The number of halogens is 2. The molecule has 0 unspecified atom stereocenters. The summed E-state index contributed by atoms with van der Waals surface area (Å²) in [4.78, 5) is 8.34. The molecule has 1 aromatic heterocycles. The van der Waals surface area contributed by atoms with Gasteiger partial charge in [0.2, 0.25) is 5.88 Å². The molecule has 4 bridgehead atoms. The molecule has 4 saturated carbocycles. The lowest BCUT2D eigenvalue weighted by Crippen LogP contribution is -2.48. The molecular weight excluding hydrogens is 400 g/mol. The normalized spacial score (nSPS) is 32.8. The van der Waals surface area contributed by atoms with Crippen molar-refractivity contribution < 1.29 is 4.74 Å². The molecular formula is C20H20BrClN2O. The van der Waals surface area contributed by atoms with Crippen LogP contribution in [0.1, 0.15) is 44.1 Å². The molecule has 4 aliphatic carbocycles. The summed E-state index contributed by atoms with van der Waals surface area (Å²) in [5.74, 6) is 3.89. The molecule has 1 aromatic carbocycles. The third kappa shape index (κ3) is 2.87. The molecule has 5 heteroatoms. The Morgan fingerprint density at radius 2 is 1.68 bits per heavy atom. The number of hydrogen-bond donors (Lipinski definition) is 0. The highest BCUT2D eigenvalue weighted by atomic mass is 79.9. The van der Waals surface area contributed by atoms with Crippen LogP contribution in [0, 0.1) is 17.8 Å². The molecule has 4 fully saturated rings. The van der Waals surface area contributed by atoms with Crippen LogP contribution < -0.4 is 4.74 Å². The van der Waals surface area contributed by atoms with Crippen LogP contribution >= 0.6 is 27.5 Å². The maximum Gasteiger partial charge on any atom is 0.237 e. The van der Waals surface area contributed by atoms with Crippen molar-refractivity contribution in [2.45, 2.75) is 43.9 Å². The summed E-state index contributed by atoms with van der Waals surface area (Å²) in [5, 5.41) is 0.665. The average molecular weight is 420 g/mol. The predicted octanol–water partition coefficient (Wildman–Crippen LogP) is 6.15. The van der Waals surface area contributed by atoms with Crippen LogP contribution in [0.4, 0.5) is 0 Å². The van der Waals surface area contributed by atoms with E-state index in [-0.39, 0.29) is 0 Å². The van der Waals surface area contributed by atoms with Gasteiger partial charge in [0.25, 0.3) is 0 Å². The van der Waals surface area contributed by atoms with E-state index < -0.39 is 0 Å². The summed E-state index contributed by atoms with van der Waals surface area (Å²) in [7, 11) is 0. The molecule has 6 rings (SSSR count). The predicted molar refractivity (Wildman–Crippen MR) is 101 cm³/mol. The maximum absolute atomic E-state index is 6.57. The van der Waals surface area contributed by atoms with Gasteiger partial charge in [-0.05, 0) is 95.3 Å². The van der Waals surface area contributed by atoms with Crippen LogP contribution in [0.25, 0.3) is 0 Å². The topological polar surface area (TPSA) is 35.0 Å². The smallest absolute Gasteiger partial charge is 0.237 e. The van der Waals surface area contributed by atoms with Gasteiger partial charge in [0.05, 0.1) is 17.4 Å². The second-order valence-corrected chi connectivity index (χ2v) is 9.34. The molecule has 0 aliphatic heterocycles. The van der Waals surface area contributed by atoms with Crippen LogP contribution in [-0.2, 0) is 5.41 Å². The van der Waals surface area contributed by atoms with Crippen molar-refractivity contribution in [2.75, 3.05) is 0 Å². The Bertz CT molecular complexity index is 773. The fourth-order valence-corrected chi connectivity index (χ4v) is 6.27. The average Bonchev–Trinajstić information content (AvgIpc) is 2.57. The molecule has 0 spiro atoms. The molecule has 0 saturated heterocycles. The first-order valence-corrected chi connectivity index (χ1v) is 10.2. The van der Waals surface area contributed by atoms with E-state index in [1.54, 1.807) is 12.4 Å². The van der Waals surface area contributed by atoms with Gasteiger partial charge in [-0.2, -0.15) is 0 Å². The zero-order valence-corrected chi connectivity index (χ0v) is 16.3. The van der Waals surface area contributed by atoms with Crippen molar-refractivity contribution >= 4 is 27.5 Å². The monoisotopic (exact) mass is 418 g/mol. The summed E-state index contributed by atoms with van der Waals surface area (Å²) in [5.41, 5.74) is 1.76. The van der Waals surface area contributed by atoms with Gasteiger partial charge >= 0.3 is 0 Å². The number of aromatic nitrogens is 2. The lowest BCUT2D eigenvalue weighted by molar-refractivity contribution is -0.00519. The summed E-state index contributed by atoms with van der Waals surface area (Å²) in [6, 6.07) is 6.36. The number of benzene rings is 1. The number of nitrogens with zero attached hydrogens (tertiary/aromatic N) is 2. The van der Waals surface area contributed by atoms with Gasteiger partial charge in [0, 0.05) is 0 Å². The first kappa shape index (κ1) is 16.1. The Kier molecular flexibility index (Phi) is 3.83. The minimum Gasteiger partial charge on any atom is -0.436 e. The van der Waals surface area contributed by atoms with E-state index >= 15 is 0 Å². The van der Waals surface area contributed by atoms with Gasteiger partial charge in [-0.25, -0.2) is 9.97 Å². The molecule has 0 atom stereocenters. The van der Waals surface area contributed by atoms with Gasteiger partial charge in [-0.1, -0.05) is 17.7 Å². The molecule has 0 amide bonds. The highest BCUT2D eigenvalue weighted by Crippen LogP contribution is 2.61. The first-order chi connectivity index (χ1) is 12.1. The van der Waals surface area contributed by atoms with Crippen molar-refractivity contribution in [2.24, 2.45) is 17.8 Å². The number of hydrogen-bond acceptors (Lipinski definition) is 3. The first-order valence-electron chi connectivity index (χ1n) is 9.05. The minimum absolute atomic E-state index is 0.355. The summed E-state index contributed by atoms with van der Waals surface area (Å²) < 4.78 is 6.50. The quantitative estimate of drug-likeness (QED) is 0.598. The van der Waals surface area contributed by atoms with E-state index in [1.807, 2.05) is 6.07 Å². The van der Waals surface area contributed by atoms with Crippen LogP contribution in [0.5, 0.6) is 11.6 Å². The zero-order chi connectivity index (χ0) is 17.0. The molecule has 25 heavy (non-hydrogen) atoms. The molecule has 130 valence electrons. The van der Waals surface area contributed by atoms with Crippen molar-refractivity contribution in [3.8, 4) is 11.6 Å². The van der Waals surface area contributed by atoms with E-state index in [1.165, 1.54) is 44.1 Å². The van der Waals surface area contributed by atoms with E-state index in [9.17, 15) is 0 Å². The van der Waals surface area contributed by atoms with Crippen molar-refractivity contribution in [1.29, 1.82) is 0 Å². The standard InChI is InChI=1S/C20H20BrClN2O/c21-18-10-24-19(11-23-18)25-17-2-1-15(6-16(17)22)20-7-12-3-13(8-20)5-14(4-12)9-20/h1-2,6,10-14H,3-5,7-9H2. The van der Waals surface area contributed by atoms with Crippen LogP contribution in [0.15, 0.2) is 35.2 Å². The fraction of sp³-hybridized carbons (Fsp3) is 0.500. The SMILES string of the molecule is Clc1cc(C23CC4CC(CC(C4)C2)C3)ccc1Oc1cnc(Br)cn1. The fourth-order valence-electron chi connectivity index (χ4n) is 5.84. The highest BCUT2D eigenvalue weighted by molar-refractivity contribution is 9.10. The summed E-state index contributed by atoms with van der Waals surface area (Å²) >= 11 is 9.84. The molecule has 4 aliphatic rings. The summed E-state index contributed by atoms with van der Waals surface area (Å²) in [6.45, 7) is 0. The van der Waals surface area contributed by atoms with Gasteiger partial charge < -0.3 is 4.74 Å². The van der Waals surface area contributed by atoms with Crippen molar-refractivity contribution in [1.82, 2.24) is 9.97 Å². The van der Waals surface area contributed by atoms with E-state index in [0.29, 0.717) is 26.7 Å². The lowest BCUT2D eigenvalue weighted by Gasteiger charge is -2.57. The van der Waals surface area contributed by atoms with Crippen LogP contribution in [-0.4, -0.2) is 9.97 Å². The molecule has 3 nitrogen and oxygen atoms in total. The van der Waals surface area contributed by atoms with E-state index in [0.717, 1.165) is 17.8 Å². The van der Waals surface area contributed by atoms with E-state index in [2.05, 4.69) is 38.0 Å². The second-order valence-electron chi connectivity index (χ2n) is 8.12. The van der Waals surface area contributed by atoms with Gasteiger partial charge in [-0.3, -0.25) is 0 Å². The Hall–Kier alpha value is -1.13. The Morgan fingerprint density at radius 3 is 2.24 bits per heavy atom. The maximum atomic E-state index is 6.57. The Balaban J connectivity index is 1.42. The largest absolute Gasteiger partial charge is 0.436 e. The molecule has 0 N–H and O–H groups in total. The van der Waals surface area contributed by atoms with Crippen molar-refractivity contribution in [3.05, 3.63) is 45.8 Å². The Morgan fingerprint density at radius 1 is 1.00 bits per heavy atom.